The molecule has 0 aliphatic carbocycles. The van der Waals surface area contributed by atoms with Crippen molar-refractivity contribution in [3.63, 3.8) is 0 Å². The fraction of sp³-hybridized carbons (Fsp3) is 0.125. The number of phenolic OH excluding ortho intramolecular Hbond substituents is 1. The van der Waals surface area contributed by atoms with Crippen molar-refractivity contribution in [2.45, 2.75) is 0 Å². The van der Waals surface area contributed by atoms with E-state index in [1.54, 1.807) is 12.1 Å². The van der Waals surface area contributed by atoms with Crippen LogP contribution in [0.4, 0.5) is 0 Å². The van der Waals surface area contributed by atoms with Crippen LogP contribution in [0.1, 0.15) is 10.4 Å². The van der Waals surface area contributed by atoms with E-state index in [0.717, 1.165) is 0 Å². The van der Waals surface area contributed by atoms with Gasteiger partial charge in [-0.25, -0.2) is 0 Å². The van der Waals surface area contributed by atoms with Gasteiger partial charge in [-0.05, 0) is 12.1 Å². The van der Waals surface area contributed by atoms with Crippen molar-refractivity contribution >= 4 is 5.78 Å². The first-order valence-electron chi connectivity index (χ1n) is 3.26. The zero-order valence-electron chi connectivity index (χ0n) is 5.95. The van der Waals surface area contributed by atoms with Crippen LogP contribution in [0.2, 0.25) is 0 Å². The van der Waals surface area contributed by atoms with Gasteiger partial charge in [0.2, 0.25) is 0 Å². The molecule has 3 nitrogen and oxygen atoms in total. The Morgan fingerprint density at radius 1 is 1.55 bits per heavy atom. The molecule has 1 aromatic carbocycles. The molecule has 11 heavy (non-hydrogen) atoms. The largest absolute Gasteiger partial charge is 0.508 e. The average molecular weight is 151 g/mol. The van der Waals surface area contributed by atoms with Crippen molar-refractivity contribution in [1.29, 1.82) is 0 Å². The molecule has 0 heterocycles. The van der Waals surface area contributed by atoms with Crippen molar-refractivity contribution in [2.75, 3.05) is 6.54 Å². The molecule has 58 valence electrons. The zero-order valence-corrected chi connectivity index (χ0v) is 5.95. The van der Waals surface area contributed by atoms with Crippen molar-refractivity contribution in [2.24, 2.45) is 5.73 Å². The molecule has 0 bridgehead atoms. The molecule has 1 rings (SSSR count). The molecule has 0 radical (unpaired) electrons. The predicted molar refractivity (Wildman–Crippen MR) is 41.5 cm³/mol. The van der Waals surface area contributed by atoms with Gasteiger partial charge in [0, 0.05) is 5.56 Å². The van der Waals surface area contributed by atoms with E-state index < -0.39 is 0 Å². The summed E-state index contributed by atoms with van der Waals surface area (Å²) in [6.07, 6.45) is 0. The molecule has 0 amide bonds. The normalized spacial score (nSPS) is 9.55. The number of carbonyl (C=O) groups is 1. The molecule has 0 aliphatic heterocycles. The van der Waals surface area contributed by atoms with E-state index in [0.29, 0.717) is 5.56 Å². The summed E-state index contributed by atoms with van der Waals surface area (Å²) in [6, 6.07) is 6.13. The summed E-state index contributed by atoms with van der Waals surface area (Å²) in [5.41, 5.74) is 5.57. The molecule has 0 spiro atoms. The summed E-state index contributed by atoms with van der Waals surface area (Å²) in [4.78, 5) is 10.9. The smallest absolute Gasteiger partial charge is 0.176 e. The minimum atomic E-state index is -0.166. The highest BCUT2D eigenvalue weighted by atomic mass is 16.3. The summed E-state index contributed by atoms with van der Waals surface area (Å²) >= 11 is 0. The van der Waals surface area contributed by atoms with Crippen molar-refractivity contribution in [3.05, 3.63) is 29.8 Å². The van der Waals surface area contributed by atoms with Gasteiger partial charge in [0.1, 0.15) is 5.75 Å². The minimum absolute atomic E-state index is 0.0244. The first-order valence-corrected chi connectivity index (χ1v) is 3.26. The highest BCUT2D eigenvalue weighted by Gasteiger charge is 2.01. The topological polar surface area (TPSA) is 63.3 Å². The van der Waals surface area contributed by atoms with Gasteiger partial charge in [-0.1, -0.05) is 12.1 Å². The fourth-order valence-corrected chi connectivity index (χ4v) is 0.797. The SMILES string of the molecule is NCC(=O)c1cccc(O)c1. The number of rotatable bonds is 2. The van der Waals surface area contributed by atoms with Crippen LogP contribution >= 0.6 is 0 Å². The lowest BCUT2D eigenvalue weighted by molar-refractivity contribution is 0.100. The summed E-state index contributed by atoms with van der Waals surface area (Å²) < 4.78 is 0. The van der Waals surface area contributed by atoms with Crippen molar-refractivity contribution in [1.82, 2.24) is 0 Å². The van der Waals surface area contributed by atoms with E-state index in [1.807, 2.05) is 0 Å². The van der Waals surface area contributed by atoms with Crippen LogP contribution in [0.3, 0.4) is 0 Å². The number of nitrogens with two attached hydrogens (primary N) is 1. The maximum Gasteiger partial charge on any atom is 0.176 e. The molecule has 3 heteroatoms. The summed E-state index contributed by atoms with van der Waals surface area (Å²) in [5, 5.41) is 8.96. The highest BCUT2D eigenvalue weighted by Crippen LogP contribution is 2.10. The Hall–Kier alpha value is -1.35. The zero-order chi connectivity index (χ0) is 8.27. The maximum absolute atomic E-state index is 10.9. The number of hydrogen-bond donors (Lipinski definition) is 2. The van der Waals surface area contributed by atoms with E-state index in [4.69, 9.17) is 10.8 Å². The second kappa shape index (κ2) is 3.16. The highest BCUT2D eigenvalue weighted by molar-refractivity contribution is 5.97. The molecule has 0 aromatic heterocycles. The van der Waals surface area contributed by atoms with E-state index in [1.165, 1.54) is 12.1 Å². The van der Waals surface area contributed by atoms with Gasteiger partial charge in [-0.3, -0.25) is 4.79 Å². The Morgan fingerprint density at radius 3 is 2.82 bits per heavy atom. The molecule has 0 saturated carbocycles. The van der Waals surface area contributed by atoms with Crippen LogP contribution in [-0.4, -0.2) is 17.4 Å². The number of hydrogen-bond acceptors (Lipinski definition) is 3. The van der Waals surface area contributed by atoms with E-state index in [2.05, 4.69) is 0 Å². The molecular formula is C8H9NO2. The monoisotopic (exact) mass is 151 g/mol. The van der Waals surface area contributed by atoms with E-state index >= 15 is 0 Å². The van der Waals surface area contributed by atoms with Crippen molar-refractivity contribution < 1.29 is 9.90 Å². The predicted octanol–water partition coefficient (Wildman–Crippen LogP) is 0.534. The molecule has 1 aromatic rings. The Kier molecular flexibility index (Phi) is 2.23. The molecule has 0 fully saturated rings. The number of ketones is 1. The molecule has 0 atom stereocenters. The van der Waals surface area contributed by atoms with Crippen LogP contribution in [0, 0.1) is 0 Å². The summed E-state index contributed by atoms with van der Waals surface area (Å²) in [7, 11) is 0. The third-order valence-electron chi connectivity index (χ3n) is 1.35. The van der Waals surface area contributed by atoms with Crippen molar-refractivity contribution in [3.8, 4) is 5.75 Å². The molecule has 3 N–H and O–H groups in total. The second-order valence-electron chi connectivity index (χ2n) is 2.18. The van der Waals surface area contributed by atoms with Crippen LogP contribution in [0.15, 0.2) is 24.3 Å². The Bertz CT molecular complexity index is 271. The molecule has 0 aliphatic rings. The fourth-order valence-electron chi connectivity index (χ4n) is 0.797. The first kappa shape index (κ1) is 7.75. The Labute approximate surface area is 64.5 Å². The number of benzene rings is 1. The summed E-state index contributed by atoms with van der Waals surface area (Å²) in [5.74, 6) is -0.0785. The first-order chi connectivity index (χ1) is 5.24. The Balaban J connectivity index is 2.96. The molecular weight excluding hydrogens is 142 g/mol. The number of aromatic hydroxyl groups is 1. The third-order valence-corrected chi connectivity index (χ3v) is 1.35. The second-order valence-corrected chi connectivity index (χ2v) is 2.18. The van der Waals surface area contributed by atoms with Gasteiger partial charge >= 0.3 is 0 Å². The van der Waals surface area contributed by atoms with Crippen LogP contribution in [-0.2, 0) is 0 Å². The number of carbonyl (C=O) groups excluding carboxylic acids is 1. The van der Waals surface area contributed by atoms with Gasteiger partial charge in [0.15, 0.2) is 5.78 Å². The standard InChI is InChI=1S/C8H9NO2/c9-5-8(11)6-2-1-3-7(10)4-6/h1-4,10H,5,9H2. The number of phenols is 1. The van der Waals surface area contributed by atoms with E-state index in [-0.39, 0.29) is 18.1 Å². The van der Waals surface area contributed by atoms with Crippen LogP contribution in [0.5, 0.6) is 5.75 Å². The van der Waals surface area contributed by atoms with Crippen LogP contribution < -0.4 is 5.73 Å². The van der Waals surface area contributed by atoms with Gasteiger partial charge in [0.05, 0.1) is 6.54 Å². The quantitative estimate of drug-likeness (QED) is 0.606. The van der Waals surface area contributed by atoms with Gasteiger partial charge < -0.3 is 10.8 Å². The minimum Gasteiger partial charge on any atom is -0.508 e. The summed E-state index contributed by atoms with van der Waals surface area (Å²) in [6.45, 7) is -0.0244. The van der Waals surface area contributed by atoms with Gasteiger partial charge in [0.25, 0.3) is 0 Å². The maximum atomic E-state index is 10.9. The average Bonchev–Trinajstić information content (AvgIpc) is 2.03. The van der Waals surface area contributed by atoms with E-state index in [9.17, 15) is 4.79 Å². The van der Waals surface area contributed by atoms with Crippen LogP contribution in [0.25, 0.3) is 0 Å². The van der Waals surface area contributed by atoms with Gasteiger partial charge in [-0.15, -0.1) is 0 Å². The lowest BCUT2D eigenvalue weighted by Gasteiger charge is -1.96. The lowest BCUT2D eigenvalue weighted by atomic mass is 10.1. The number of Topliss-reactive ketones (excluding diaryl/α,β-unsaturated/α-hetero) is 1. The lowest BCUT2D eigenvalue weighted by Crippen LogP contribution is -2.13. The third kappa shape index (κ3) is 1.78. The Morgan fingerprint density at radius 2 is 2.27 bits per heavy atom. The molecule has 0 unspecified atom stereocenters. The molecule has 0 saturated heterocycles. The van der Waals surface area contributed by atoms with Gasteiger partial charge in [-0.2, -0.15) is 0 Å².